The van der Waals surface area contributed by atoms with Crippen LogP contribution >= 0.6 is 0 Å². The Hall–Kier alpha value is -0.340. The molecule has 2 atom stereocenters. The maximum atomic E-state index is 6.32. The van der Waals surface area contributed by atoms with E-state index in [1.165, 1.54) is 38.5 Å². The SMILES string of the molecule is C=C[C@H]1CCC[C@@H]1CON1C(C)(C)CCCC1(C)C. The lowest BCUT2D eigenvalue weighted by Crippen LogP contribution is -2.58. The second kappa shape index (κ2) is 5.57. The van der Waals surface area contributed by atoms with Gasteiger partial charge in [0, 0.05) is 11.1 Å². The van der Waals surface area contributed by atoms with E-state index < -0.39 is 0 Å². The molecule has 19 heavy (non-hydrogen) atoms. The average molecular weight is 265 g/mol. The van der Waals surface area contributed by atoms with E-state index in [1.807, 2.05) is 0 Å². The fourth-order valence-corrected chi connectivity index (χ4v) is 4.08. The highest BCUT2D eigenvalue weighted by Gasteiger charge is 2.43. The van der Waals surface area contributed by atoms with Gasteiger partial charge >= 0.3 is 0 Å². The van der Waals surface area contributed by atoms with Gasteiger partial charge in [-0.3, -0.25) is 4.84 Å². The first-order chi connectivity index (χ1) is 8.87. The molecule has 1 saturated carbocycles. The van der Waals surface area contributed by atoms with E-state index in [0.717, 1.165) is 6.61 Å². The monoisotopic (exact) mass is 265 g/mol. The molecule has 2 nitrogen and oxygen atoms in total. The van der Waals surface area contributed by atoms with Crippen LogP contribution in [0.5, 0.6) is 0 Å². The van der Waals surface area contributed by atoms with Crippen molar-refractivity contribution in [3.8, 4) is 0 Å². The Kier molecular flexibility index (Phi) is 4.42. The molecule has 1 saturated heterocycles. The number of piperidine rings is 1. The van der Waals surface area contributed by atoms with E-state index in [9.17, 15) is 0 Å². The molecule has 110 valence electrons. The molecule has 0 N–H and O–H groups in total. The fourth-order valence-electron chi connectivity index (χ4n) is 4.08. The predicted molar refractivity (Wildman–Crippen MR) is 80.8 cm³/mol. The van der Waals surface area contributed by atoms with E-state index in [0.29, 0.717) is 11.8 Å². The molecule has 0 bridgehead atoms. The van der Waals surface area contributed by atoms with E-state index in [4.69, 9.17) is 4.84 Å². The van der Waals surface area contributed by atoms with Gasteiger partial charge in [-0.2, -0.15) is 5.06 Å². The first kappa shape index (κ1) is 15.1. The zero-order chi connectivity index (χ0) is 14.1. The van der Waals surface area contributed by atoms with Crippen LogP contribution < -0.4 is 0 Å². The van der Waals surface area contributed by atoms with Crippen LogP contribution in [-0.4, -0.2) is 22.7 Å². The van der Waals surface area contributed by atoms with Gasteiger partial charge in [0.15, 0.2) is 0 Å². The van der Waals surface area contributed by atoms with Gasteiger partial charge in [-0.05, 0) is 71.6 Å². The largest absolute Gasteiger partial charge is 0.298 e. The van der Waals surface area contributed by atoms with Crippen molar-refractivity contribution in [2.45, 2.75) is 77.3 Å². The van der Waals surface area contributed by atoms with Gasteiger partial charge in [-0.25, -0.2) is 0 Å². The van der Waals surface area contributed by atoms with Gasteiger partial charge in [-0.15, -0.1) is 6.58 Å². The summed E-state index contributed by atoms with van der Waals surface area (Å²) in [5, 5.41) is 2.29. The molecule has 1 heterocycles. The van der Waals surface area contributed by atoms with Gasteiger partial charge in [0.2, 0.25) is 0 Å². The van der Waals surface area contributed by atoms with E-state index in [2.05, 4.69) is 45.4 Å². The van der Waals surface area contributed by atoms with Crippen molar-refractivity contribution >= 4 is 0 Å². The van der Waals surface area contributed by atoms with E-state index in [-0.39, 0.29) is 11.1 Å². The van der Waals surface area contributed by atoms with Crippen LogP contribution in [0.25, 0.3) is 0 Å². The highest BCUT2D eigenvalue weighted by atomic mass is 16.7. The quantitative estimate of drug-likeness (QED) is 0.691. The first-order valence-corrected chi connectivity index (χ1v) is 7.93. The summed E-state index contributed by atoms with van der Waals surface area (Å²) in [6.45, 7) is 14.1. The summed E-state index contributed by atoms with van der Waals surface area (Å²) in [5.74, 6) is 1.34. The van der Waals surface area contributed by atoms with Gasteiger partial charge < -0.3 is 0 Å². The summed E-state index contributed by atoms with van der Waals surface area (Å²) in [5.41, 5.74) is 0.314. The Morgan fingerprint density at radius 1 is 1.11 bits per heavy atom. The molecule has 0 radical (unpaired) electrons. The molecular weight excluding hydrogens is 234 g/mol. The molecule has 2 rings (SSSR count). The molecule has 0 aromatic rings. The fraction of sp³-hybridized carbons (Fsp3) is 0.882. The summed E-state index contributed by atoms with van der Waals surface area (Å²) < 4.78 is 0. The van der Waals surface area contributed by atoms with Crippen LogP contribution in [0.3, 0.4) is 0 Å². The molecule has 2 heteroatoms. The molecule has 2 aliphatic rings. The smallest absolute Gasteiger partial charge is 0.0719 e. The highest BCUT2D eigenvalue weighted by molar-refractivity contribution is 4.94. The van der Waals surface area contributed by atoms with Crippen molar-refractivity contribution in [3.63, 3.8) is 0 Å². The molecule has 1 aliphatic carbocycles. The summed E-state index contributed by atoms with van der Waals surface area (Å²) >= 11 is 0. The van der Waals surface area contributed by atoms with Crippen LogP contribution in [-0.2, 0) is 4.84 Å². The lowest BCUT2D eigenvalue weighted by Gasteiger charge is -2.51. The van der Waals surface area contributed by atoms with Crippen molar-refractivity contribution in [2.24, 2.45) is 11.8 Å². The zero-order valence-corrected chi connectivity index (χ0v) is 13.2. The Balaban J connectivity index is 1.98. The topological polar surface area (TPSA) is 12.5 Å². The van der Waals surface area contributed by atoms with Gasteiger partial charge in [-0.1, -0.05) is 12.5 Å². The highest BCUT2D eigenvalue weighted by Crippen LogP contribution is 2.40. The Labute approximate surface area is 119 Å². The third-order valence-corrected chi connectivity index (χ3v) is 5.12. The minimum absolute atomic E-state index is 0.157. The summed E-state index contributed by atoms with van der Waals surface area (Å²) in [4.78, 5) is 6.32. The molecule has 2 fully saturated rings. The van der Waals surface area contributed by atoms with Crippen molar-refractivity contribution < 1.29 is 4.84 Å². The first-order valence-electron chi connectivity index (χ1n) is 7.93. The maximum absolute atomic E-state index is 6.32. The minimum Gasteiger partial charge on any atom is -0.298 e. The van der Waals surface area contributed by atoms with Crippen molar-refractivity contribution in [3.05, 3.63) is 12.7 Å². The Bertz CT molecular complexity index is 305. The molecule has 1 aliphatic heterocycles. The molecule has 0 spiro atoms. The minimum atomic E-state index is 0.157. The van der Waals surface area contributed by atoms with Crippen LogP contribution in [0.1, 0.15) is 66.2 Å². The Morgan fingerprint density at radius 2 is 1.74 bits per heavy atom. The summed E-state index contributed by atoms with van der Waals surface area (Å²) in [6.07, 6.45) is 9.82. The molecule has 0 aromatic carbocycles. The molecule has 0 amide bonds. The predicted octanol–water partition coefficient (Wildman–Crippen LogP) is 4.56. The van der Waals surface area contributed by atoms with Gasteiger partial charge in [0.1, 0.15) is 0 Å². The number of hydrogen-bond acceptors (Lipinski definition) is 2. The van der Waals surface area contributed by atoms with E-state index >= 15 is 0 Å². The summed E-state index contributed by atoms with van der Waals surface area (Å²) in [6, 6.07) is 0. The standard InChI is InChI=1S/C17H31NO/c1-6-14-9-7-10-15(14)13-19-18-16(2,3)11-8-12-17(18,4)5/h6,14-15H,1,7-13H2,2-5H3/t14-,15+/m0/s1. The zero-order valence-electron chi connectivity index (χ0n) is 13.2. The molecule has 0 aromatic heterocycles. The van der Waals surface area contributed by atoms with Crippen molar-refractivity contribution in [1.29, 1.82) is 0 Å². The lowest BCUT2D eigenvalue weighted by molar-refractivity contribution is -0.286. The van der Waals surface area contributed by atoms with Crippen LogP contribution in [0.2, 0.25) is 0 Å². The lowest BCUT2D eigenvalue weighted by atomic mass is 9.82. The van der Waals surface area contributed by atoms with Crippen LogP contribution in [0.15, 0.2) is 12.7 Å². The number of nitrogens with zero attached hydrogens (tertiary/aromatic N) is 1. The summed E-state index contributed by atoms with van der Waals surface area (Å²) in [7, 11) is 0. The Morgan fingerprint density at radius 3 is 2.32 bits per heavy atom. The normalized spacial score (nSPS) is 34.3. The second-order valence-corrected chi connectivity index (χ2v) is 7.66. The van der Waals surface area contributed by atoms with E-state index in [1.54, 1.807) is 0 Å². The van der Waals surface area contributed by atoms with Gasteiger partial charge in [0.25, 0.3) is 0 Å². The maximum Gasteiger partial charge on any atom is 0.0719 e. The third-order valence-electron chi connectivity index (χ3n) is 5.12. The molecular formula is C17H31NO. The van der Waals surface area contributed by atoms with Crippen molar-refractivity contribution in [2.75, 3.05) is 6.61 Å². The number of hydrogen-bond donors (Lipinski definition) is 0. The van der Waals surface area contributed by atoms with Gasteiger partial charge in [0.05, 0.1) is 6.61 Å². The average Bonchev–Trinajstić information content (AvgIpc) is 2.74. The number of allylic oxidation sites excluding steroid dienone is 1. The second-order valence-electron chi connectivity index (χ2n) is 7.66. The third kappa shape index (κ3) is 3.22. The number of hydroxylamine groups is 2. The van der Waals surface area contributed by atoms with Crippen LogP contribution in [0.4, 0.5) is 0 Å². The van der Waals surface area contributed by atoms with Crippen molar-refractivity contribution in [1.82, 2.24) is 5.06 Å². The number of rotatable bonds is 4. The van der Waals surface area contributed by atoms with Crippen LogP contribution in [0, 0.1) is 11.8 Å². The molecule has 0 unspecified atom stereocenters.